The molecule has 9 aromatic rings. The maximum absolute atomic E-state index is 10.0. The predicted molar refractivity (Wildman–Crippen MR) is 237 cm³/mol. The van der Waals surface area contributed by atoms with Crippen LogP contribution in [0.25, 0.3) is 107 Å². The normalized spacial score (nSPS) is 11.7. The first kappa shape index (κ1) is 36.5. The van der Waals surface area contributed by atoms with Crippen LogP contribution in [0.1, 0.15) is 33.9 Å². The second kappa shape index (κ2) is 14.8. The Bertz CT molecular complexity index is 3400. The Hall–Kier alpha value is -7.83. The zero-order chi connectivity index (χ0) is 39.5. The Morgan fingerprint density at radius 3 is 1.32 bits per heavy atom. The Labute approximate surface area is 359 Å². The Balaban J connectivity index is 0.00000433. The van der Waals surface area contributed by atoms with Gasteiger partial charge in [-0.3, -0.25) is 0 Å². The average Bonchev–Trinajstić information content (AvgIpc) is 4.16. The van der Waals surface area contributed by atoms with Crippen LogP contribution in [0.3, 0.4) is 0 Å². The minimum atomic E-state index is 0. The van der Waals surface area contributed by atoms with Crippen molar-refractivity contribution < 1.29 is 21.1 Å². The molecular formula is C52H29N7Pt. The molecule has 7 nitrogen and oxygen atoms in total. The van der Waals surface area contributed by atoms with Crippen LogP contribution in [0, 0.1) is 22.7 Å². The molecule has 0 fully saturated rings. The van der Waals surface area contributed by atoms with E-state index in [4.69, 9.17) is 19.9 Å². The summed E-state index contributed by atoms with van der Waals surface area (Å²) >= 11 is 0. The molecule has 0 spiro atoms. The molecule has 0 saturated carbocycles. The summed E-state index contributed by atoms with van der Waals surface area (Å²) < 4.78 is 2.29. The minimum absolute atomic E-state index is 0. The summed E-state index contributed by atoms with van der Waals surface area (Å²) in [6.45, 7) is 0. The van der Waals surface area contributed by atoms with Gasteiger partial charge in [0.15, 0.2) is 0 Å². The average molecular weight is 947 g/mol. The third-order valence-corrected chi connectivity index (χ3v) is 11.0. The van der Waals surface area contributed by atoms with Gasteiger partial charge in [-0.25, -0.2) is 9.97 Å². The number of fused-ring (bicyclic) bond motifs is 11. The van der Waals surface area contributed by atoms with Crippen LogP contribution in [0.15, 0.2) is 152 Å². The first-order valence-electron chi connectivity index (χ1n) is 19.3. The van der Waals surface area contributed by atoms with Crippen molar-refractivity contribution in [3.63, 3.8) is 0 Å². The molecule has 60 heavy (non-hydrogen) atoms. The summed E-state index contributed by atoms with van der Waals surface area (Å²) in [5.74, 6) is 0. The van der Waals surface area contributed by atoms with Crippen LogP contribution in [-0.4, -0.2) is 14.5 Å². The van der Waals surface area contributed by atoms with E-state index < -0.39 is 0 Å². The van der Waals surface area contributed by atoms with Gasteiger partial charge in [0.25, 0.3) is 0 Å². The SMILES string of the molecule is N#Cc1cc(C#N)cc(-c2c3nc(c(-c4ccccc4)c4ccc([n-]4)c(-n4c5ccccc5c5ccccc54)c4nc(c(-c5ccccc5)c5ccc2[n-]5)C=C4)C=C3)c1.[Pt+2]. The number of hydrogen-bond acceptors (Lipinski definition) is 4. The van der Waals surface area contributed by atoms with Gasteiger partial charge in [0.2, 0.25) is 0 Å². The van der Waals surface area contributed by atoms with Gasteiger partial charge in [-0.1, -0.05) is 121 Å². The van der Waals surface area contributed by atoms with Gasteiger partial charge in [0.1, 0.15) is 0 Å². The summed E-state index contributed by atoms with van der Waals surface area (Å²) in [6, 6.07) is 55.1. The van der Waals surface area contributed by atoms with Crippen molar-refractivity contribution in [1.82, 2.24) is 24.5 Å². The number of nitrogens with zero attached hydrogens (tertiary/aromatic N) is 7. The second-order valence-corrected chi connectivity index (χ2v) is 14.5. The maximum Gasteiger partial charge on any atom is 2.00 e. The van der Waals surface area contributed by atoms with E-state index in [9.17, 15) is 10.5 Å². The van der Waals surface area contributed by atoms with Crippen LogP contribution in [-0.2, 0) is 21.1 Å². The molecule has 0 unspecified atom stereocenters. The first-order valence-corrected chi connectivity index (χ1v) is 19.3. The van der Waals surface area contributed by atoms with Gasteiger partial charge >= 0.3 is 21.1 Å². The summed E-state index contributed by atoms with van der Waals surface area (Å²) in [5.41, 5.74) is 14.6. The fraction of sp³-hybridized carbons (Fsp3) is 0. The van der Waals surface area contributed by atoms with Gasteiger partial charge in [-0.2, -0.15) is 10.5 Å². The summed E-state index contributed by atoms with van der Waals surface area (Å²) in [6.07, 6.45) is 8.14. The van der Waals surface area contributed by atoms with Gasteiger partial charge in [0.05, 0.1) is 62.8 Å². The van der Waals surface area contributed by atoms with Gasteiger partial charge < -0.3 is 14.5 Å². The van der Waals surface area contributed by atoms with E-state index in [0.29, 0.717) is 33.5 Å². The molecule has 0 atom stereocenters. The number of aromatic nitrogens is 5. The largest absolute Gasteiger partial charge is 2.00 e. The van der Waals surface area contributed by atoms with E-state index >= 15 is 0 Å². The Morgan fingerprint density at radius 1 is 0.417 bits per heavy atom. The van der Waals surface area contributed by atoms with E-state index in [1.54, 1.807) is 18.2 Å². The topological polar surface area (TPSA) is 106 Å². The van der Waals surface area contributed by atoms with Crippen molar-refractivity contribution >= 4 is 68.2 Å². The van der Waals surface area contributed by atoms with E-state index in [1.165, 1.54) is 0 Å². The molecule has 0 amide bonds. The molecule has 8 bridgehead atoms. The summed E-state index contributed by atoms with van der Waals surface area (Å²) in [5, 5.41) is 22.3. The van der Waals surface area contributed by atoms with Crippen LogP contribution < -0.4 is 9.97 Å². The maximum atomic E-state index is 10.0. The van der Waals surface area contributed by atoms with Crippen molar-refractivity contribution in [3.8, 4) is 51.2 Å². The number of para-hydroxylation sites is 2. The predicted octanol–water partition coefficient (Wildman–Crippen LogP) is 11.8. The number of rotatable bonds is 4. The summed E-state index contributed by atoms with van der Waals surface area (Å²) in [4.78, 5) is 21.6. The fourth-order valence-corrected chi connectivity index (χ4v) is 8.46. The monoisotopic (exact) mass is 946 g/mol. The Morgan fingerprint density at radius 2 is 0.817 bits per heavy atom. The quantitative estimate of drug-likeness (QED) is 0.174. The van der Waals surface area contributed by atoms with Crippen LogP contribution in [0.4, 0.5) is 0 Å². The van der Waals surface area contributed by atoms with E-state index in [1.807, 2.05) is 60.7 Å². The molecule has 2 aliphatic heterocycles. The van der Waals surface area contributed by atoms with Crippen molar-refractivity contribution in [2.24, 2.45) is 0 Å². The van der Waals surface area contributed by atoms with Gasteiger partial charge in [0, 0.05) is 10.8 Å². The van der Waals surface area contributed by atoms with Crippen molar-refractivity contribution in [3.05, 3.63) is 186 Å². The zero-order valence-electron chi connectivity index (χ0n) is 31.7. The molecule has 0 aliphatic carbocycles. The first-order chi connectivity index (χ1) is 29.1. The molecule has 4 aromatic heterocycles. The molecule has 282 valence electrons. The van der Waals surface area contributed by atoms with Crippen molar-refractivity contribution in [2.45, 2.75) is 0 Å². The molecular weight excluding hydrogens is 918 g/mol. The molecule has 0 radical (unpaired) electrons. The molecule has 11 rings (SSSR count). The minimum Gasteiger partial charge on any atom is -0.657 e. The van der Waals surface area contributed by atoms with Gasteiger partial charge in [-0.05, 0) is 88.0 Å². The number of hydrogen-bond donors (Lipinski definition) is 0. The second-order valence-electron chi connectivity index (χ2n) is 14.5. The molecule has 8 heteroatoms. The van der Waals surface area contributed by atoms with Crippen LogP contribution in [0.2, 0.25) is 0 Å². The van der Waals surface area contributed by atoms with Crippen LogP contribution in [0.5, 0.6) is 0 Å². The number of nitriles is 2. The van der Waals surface area contributed by atoms with Gasteiger partial charge in [-0.15, -0.1) is 22.1 Å². The van der Waals surface area contributed by atoms with Crippen LogP contribution >= 0.6 is 0 Å². The van der Waals surface area contributed by atoms with Crippen molar-refractivity contribution in [2.75, 3.05) is 0 Å². The molecule has 0 N–H and O–H groups in total. The number of benzene rings is 5. The van der Waals surface area contributed by atoms with E-state index in [-0.39, 0.29) is 21.1 Å². The zero-order valence-corrected chi connectivity index (χ0v) is 34.0. The third kappa shape index (κ3) is 6.00. The van der Waals surface area contributed by atoms with E-state index in [2.05, 4.69) is 114 Å². The third-order valence-electron chi connectivity index (χ3n) is 11.0. The molecule has 5 aromatic carbocycles. The standard InChI is InChI=1S/C52H29N7.Pt/c53-30-32-27-33(31-54)29-36(28-32)51-43-21-19-39(55-43)49(34-11-3-1-4-12-34)41-23-25-45(57-41)52(59-47-17-9-7-15-37(47)38-16-8-10-18-48(38)59)46-26-24-42(58-46)50(35-13-5-2-6-14-35)40-20-22-44(51)56-40;/h1-29H;/q-2;+2. The molecule has 6 heterocycles. The Kier molecular flexibility index (Phi) is 9.03. The van der Waals surface area contributed by atoms with Crippen molar-refractivity contribution in [1.29, 1.82) is 10.5 Å². The fourth-order valence-electron chi connectivity index (χ4n) is 8.46. The smallest absolute Gasteiger partial charge is 0.657 e. The summed E-state index contributed by atoms with van der Waals surface area (Å²) in [7, 11) is 0. The molecule has 2 aliphatic rings. The molecule has 0 saturated heterocycles. The van der Waals surface area contributed by atoms with E-state index in [0.717, 1.165) is 83.4 Å².